The zero-order valence-corrected chi connectivity index (χ0v) is 12.9. The molecule has 108 valence electrons. The lowest BCUT2D eigenvalue weighted by atomic mass is 10.1. The Labute approximate surface area is 115 Å². The maximum atomic E-state index is 3.74. The van der Waals surface area contributed by atoms with E-state index in [1.165, 1.54) is 71.0 Å². The number of unbranched alkanes of at least 4 members (excludes halogenated alkanes) is 4. The van der Waals surface area contributed by atoms with Crippen LogP contribution in [-0.2, 0) is 0 Å². The van der Waals surface area contributed by atoms with Gasteiger partial charge in [-0.1, -0.05) is 46.0 Å². The van der Waals surface area contributed by atoms with Gasteiger partial charge in [0, 0.05) is 18.6 Å². The molecule has 2 nitrogen and oxygen atoms in total. The van der Waals surface area contributed by atoms with Gasteiger partial charge in [-0.05, 0) is 39.3 Å². The Kier molecular flexibility index (Phi) is 8.70. The molecule has 1 heterocycles. The number of nitrogens with zero attached hydrogens (tertiary/aromatic N) is 1. The van der Waals surface area contributed by atoms with Crippen molar-refractivity contribution < 1.29 is 0 Å². The molecule has 1 aliphatic rings. The van der Waals surface area contributed by atoms with Crippen molar-refractivity contribution in [3.05, 3.63) is 0 Å². The van der Waals surface area contributed by atoms with Crippen LogP contribution in [0.5, 0.6) is 0 Å². The minimum Gasteiger partial charge on any atom is -0.313 e. The maximum Gasteiger partial charge on any atom is 0.0221 e. The van der Waals surface area contributed by atoms with Gasteiger partial charge in [0.1, 0.15) is 0 Å². The molecule has 18 heavy (non-hydrogen) atoms. The second kappa shape index (κ2) is 9.80. The van der Waals surface area contributed by atoms with Crippen molar-refractivity contribution in [3.8, 4) is 0 Å². The van der Waals surface area contributed by atoms with Gasteiger partial charge >= 0.3 is 0 Å². The van der Waals surface area contributed by atoms with Gasteiger partial charge in [-0.2, -0.15) is 0 Å². The average molecular weight is 254 g/mol. The van der Waals surface area contributed by atoms with Crippen molar-refractivity contribution in [3.63, 3.8) is 0 Å². The summed E-state index contributed by atoms with van der Waals surface area (Å²) in [5.74, 6) is 0. The summed E-state index contributed by atoms with van der Waals surface area (Å²) in [5.41, 5.74) is 0. The Morgan fingerprint density at radius 3 is 2.67 bits per heavy atom. The lowest BCUT2D eigenvalue weighted by molar-refractivity contribution is 0.253. The molecule has 0 aliphatic carbocycles. The van der Waals surface area contributed by atoms with E-state index >= 15 is 0 Å². The number of hydrogen-bond donors (Lipinski definition) is 1. The van der Waals surface area contributed by atoms with Crippen LogP contribution in [0.15, 0.2) is 0 Å². The highest BCUT2D eigenvalue weighted by Gasteiger charge is 2.22. The first kappa shape index (κ1) is 16.0. The van der Waals surface area contributed by atoms with E-state index < -0.39 is 0 Å². The molecule has 0 aromatic carbocycles. The highest BCUT2D eigenvalue weighted by molar-refractivity contribution is 4.80. The summed E-state index contributed by atoms with van der Waals surface area (Å²) in [6.45, 7) is 10.7. The van der Waals surface area contributed by atoms with Crippen LogP contribution in [0.4, 0.5) is 0 Å². The molecule has 0 radical (unpaired) electrons. The van der Waals surface area contributed by atoms with E-state index in [1.807, 2.05) is 0 Å². The van der Waals surface area contributed by atoms with Crippen molar-refractivity contribution in [2.24, 2.45) is 0 Å². The fourth-order valence-corrected chi connectivity index (χ4v) is 3.04. The maximum absolute atomic E-state index is 3.74. The van der Waals surface area contributed by atoms with Gasteiger partial charge in [0.15, 0.2) is 0 Å². The molecule has 0 saturated carbocycles. The molecule has 2 atom stereocenters. The molecule has 0 bridgehead atoms. The highest BCUT2D eigenvalue weighted by Crippen LogP contribution is 2.16. The van der Waals surface area contributed by atoms with E-state index in [4.69, 9.17) is 0 Å². The molecule has 1 aliphatic heterocycles. The fraction of sp³-hybridized carbons (Fsp3) is 1.00. The second-order valence-electron chi connectivity index (χ2n) is 5.94. The Morgan fingerprint density at radius 1 is 1.17 bits per heavy atom. The van der Waals surface area contributed by atoms with Crippen molar-refractivity contribution in [2.75, 3.05) is 19.6 Å². The van der Waals surface area contributed by atoms with Crippen LogP contribution in [0.2, 0.25) is 0 Å². The molecule has 1 N–H and O–H groups in total. The van der Waals surface area contributed by atoms with Crippen LogP contribution in [0.1, 0.15) is 72.1 Å². The van der Waals surface area contributed by atoms with Crippen LogP contribution >= 0.6 is 0 Å². The van der Waals surface area contributed by atoms with Gasteiger partial charge < -0.3 is 5.32 Å². The van der Waals surface area contributed by atoms with E-state index in [0.29, 0.717) is 6.04 Å². The number of rotatable bonds is 10. The van der Waals surface area contributed by atoms with Crippen molar-refractivity contribution in [1.82, 2.24) is 10.2 Å². The lowest BCUT2D eigenvalue weighted by Crippen LogP contribution is -2.40. The summed E-state index contributed by atoms with van der Waals surface area (Å²) in [7, 11) is 0. The lowest BCUT2D eigenvalue weighted by Gasteiger charge is -2.25. The van der Waals surface area contributed by atoms with Crippen LogP contribution < -0.4 is 5.32 Å². The van der Waals surface area contributed by atoms with E-state index in [2.05, 4.69) is 31.0 Å². The molecule has 0 spiro atoms. The number of likely N-dealkylation sites (tertiary alicyclic amines) is 1. The highest BCUT2D eigenvalue weighted by atomic mass is 15.2. The van der Waals surface area contributed by atoms with Gasteiger partial charge in [-0.3, -0.25) is 4.90 Å². The molecule has 1 saturated heterocycles. The Bertz CT molecular complexity index is 194. The van der Waals surface area contributed by atoms with E-state index in [0.717, 1.165) is 6.04 Å². The third-order valence-corrected chi connectivity index (χ3v) is 4.35. The summed E-state index contributed by atoms with van der Waals surface area (Å²) in [5, 5.41) is 3.74. The average Bonchev–Trinajstić information content (AvgIpc) is 2.83. The van der Waals surface area contributed by atoms with Crippen LogP contribution in [-0.4, -0.2) is 36.6 Å². The molecule has 2 heteroatoms. The minimum absolute atomic E-state index is 0.700. The quantitative estimate of drug-likeness (QED) is 0.596. The SMILES string of the molecule is CCCCCCCC(C)NCC1CCCN1CC. The first-order valence-electron chi connectivity index (χ1n) is 8.25. The molecule has 0 aromatic rings. The van der Waals surface area contributed by atoms with Crippen molar-refractivity contribution in [1.29, 1.82) is 0 Å². The predicted molar refractivity (Wildman–Crippen MR) is 81.1 cm³/mol. The van der Waals surface area contributed by atoms with Gasteiger partial charge in [0.25, 0.3) is 0 Å². The summed E-state index contributed by atoms with van der Waals surface area (Å²) in [6, 6.07) is 1.50. The first-order chi connectivity index (χ1) is 8.77. The minimum atomic E-state index is 0.700. The van der Waals surface area contributed by atoms with Gasteiger partial charge in [-0.25, -0.2) is 0 Å². The van der Waals surface area contributed by atoms with E-state index in [-0.39, 0.29) is 0 Å². The fourth-order valence-electron chi connectivity index (χ4n) is 3.04. The van der Waals surface area contributed by atoms with Crippen molar-refractivity contribution in [2.45, 2.75) is 84.2 Å². The Balaban J connectivity index is 2.00. The summed E-state index contributed by atoms with van der Waals surface area (Å²) in [6.07, 6.45) is 11.1. The molecule has 2 unspecified atom stereocenters. The number of nitrogens with one attached hydrogen (secondary N) is 1. The second-order valence-corrected chi connectivity index (χ2v) is 5.94. The van der Waals surface area contributed by atoms with E-state index in [9.17, 15) is 0 Å². The predicted octanol–water partition coefficient (Wildman–Crippen LogP) is 3.81. The zero-order chi connectivity index (χ0) is 13.2. The normalized spacial score (nSPS) is 22.5. The topological polar surface area (TPSA) is 15.3 Å². The summed E-state index contributed by atoms with van der Waals surface area (Å²) < 4.78 is 0. The Hall–Kier alpha value is -0.0800. The van der Waals surface area contributed by atoms with Crippen LogP contribution in [0.25, 0.3) is 0 Å². The molecular formula is C16H34N2. The number of hydrogen-bond acceptors (Lipinski definition) is 2. The van der Waals surface area contributed by atoms with E-state index in [1.54, 1.807) is 0 Å². The molecule has 0 aromatic heterocycles. The third kappa shape index (κ3) is 6.19. The molecule has 1 fully saturated rings. The molecule has 0 amide bonds. The van der Waals surface area contributed by atoms with Crippen LogP contribution in [0.3, 0.4) is 0 Å². The molecule has 1 rings (SSSR count). The number of likely N-dealkylation sites (N-methyl/N-ethyl adjacent to an activating group) is 1. The standard InChI is InChI=1S/C16H34N2/c1-4-6-7-8-9-11-15(3)17-14-16-12-10-13-18(16)5-2/h15-17H,4-14H2,1-3H3. The first-order valence-corrected chi connectivity index (χ1v) is 8.25. The largest absolute Gasteiger partial charge is 0.313 e. The van der Waals surface area contributed by atoms with Gasteiger partial charge in [-0.15, -0.1) is 0 Å². The smallest absolute Gasteiger partial charge is 0.0221 e. The molecular weight excluding hydrogens is 220 g/mol. The summed E-state index contributed by atoms with van der Waals surface area (Å²) >= 11 is 0. The van der Waals surface area contributed by atoms with Crippen molar-refractivity contribution >= 4 is 0 Å². The van der Waals surface area contributed by atoms with Crippen LogP contribution in [0, 0.1) is 0 Å². The zero-order valence-electron chi connectivity index (χ0n) is 12.9. The monoisotopic (exact) mass is 254 g/mol. The summed E-state index contributed by atoms with van der Waals surface area (Å²) in [4.78, 5) is 2.63. The van der Waals surface area contributed by atoms with Gasteiger partial charge in [0.05, 0.1) is 0 Å². The third-order valence-electron chi connectivity index (χ3n) is 4.35. The Morgan fingerprint density at radius 2 is 1.94 bits per heavy atom. The van der Waals surface area contributed by atoms with Gasteiger partial charge in [0.2, 0.25) is 0 Å².